The number of benzene rings is 1. The first-order valence-corrected chi connectivity index (χ1v) is 7.00. The number of carbonyl (C=O) groups is 1. The lowest BCUT2D eigenvalue weighted by molar-refractivity contribution is -0.124. The van der Waals surface area contributed by atoms with E-state index >= 15 is 0 Å². The minimum Gasteiger partial charge on any atom is -0.324 e. The van der Waals surface area contributed by atoms with Crippen LogP contribution in [0.15, 0.2) is 29.2 Å². The topological polar surface area (TPSA) is 83.5 Å². The van der Waals surface area contributed by atoms with Crippen LogP contribution in [0.5, 0.6) is 0 Å². The number of anilines is 1. The molecular formula is C14H25NO4S. The molecule has 1 rings (SSSR count). The van der Waals surface area contributed by atoms with Crippen LogP contribution in [-0.2, 0) is 14.9 Å². The third-order valence-corrected chi connectivity index (χ3v) is 3.82. The zero-order valence-corrected chi connectivity index (χ0v) is 11.4. The number of rotatable bonds is 4. The molecule has 116 valence electrons. The zero-order valence-electron chi connectivity index (χ0n) is 10.6. The molecule has 1 amide bonds. The number of carbonyl (C=O) groups excluding carboxylic acids is 1. The zero-order chi connectivity index (χ0) is 14.0. The second-order valence-electron chi connectivity index (χ2n) is 4.66. The number of amides is 1. The van der Waals surface area contributed by atoms with Crippen molar-refractivity contribution in [2.24, 2.45) is 5.41 Å². The summed E-state index contributed by atoms with van der Waals surface area (Å²) in [6, 6.07) is 5.74. The highest BCUT2D eigenvalue weighted by atomic mass is 32.2. The predicted molar refractivity (Wildman–Crippen MR) is 82.4 cm³/mol. The smallest absolute Gasteiger partial charge is 0.296 e. The van der Waals surface area contributed by atoms with E-state index in [1.807, 2.05) is 6.92 Å². The number of hydrogen-bond donors (Lipinski definition) is 2. The molecule has 0 fully saturated rings. The van der Waals surface area contributed by atoms with Crippen LogP contribution < -0.4 is 5.32 Å². The van der Waals surface area contributed by atoms with E-state index in [4.69, 9.17) is 4.55 Å². The van der Waals surface area contributed by atoms with Crippen molar-refractivity contribution in [3.63, 3.8) is 0 Å². The maximum absolute atomic E-state index is 12.0. The van der Waals surface area contributed by atoms with Crippen molar-refractivity contribution >= 4 is 21.7 Å². The molecule has 1 aromatic carbocycles. The Balaban J connectivity index is 0. The van der Waals surface area contributed by atoms with E-state index in [2.05, 4.69) is 5.32 Å². The van der Waals surface area contributed by atoms with Gasteiger partial charge in [-0.15, -0.1) is 0 Å². The summed E-state index contributed by atoms with van der Waals surface area (Å²) in [4.78, 5) is 11.7. The highest BCUT2D eigenvalue weighted by Gasteiger charge is 2.27. The number of hydrogen-bond acceptors (Lipinski definition) is 3. The van der Waals surface area contributed by atoms with Gasteiger partial charge in [0, 0.05) is 5.41 Å². The summed E-state index contributed by atoms with van der Waals surface area (Å²) in [5, 5.41) is 2.53. The molecule has 0 unspecified atom stereocenters. The molecule has 0 aliphatic heterocycles. The summed E-state index contributed by atoms with van der Waals surface area (Å²) < 4.78 is 31.4. The van der Waals surface area contributed by atoms with Gasteiger partial charge in [0.05, 0.1) is 5.69 Å². The summed E-state index contributed by atoms with van der Waals surface area (Å²) in [6.45, 7) is 5.39. The van der Waals surface area contributed by atoms with Gasteiger partial charge in [-0.05, 0) is 18.6 Å². The molecule has 1 aromatic rings. The molecule has 0 spiro atoms. The van der Waals surface area contributed by atoms with Crippen LogP contribution in [0.2, 0.25) is 0 Å². The Morgan fingerprint density at radius 3 is 2.20 bits per heavy atom. The van der Waals surface area contributed by atoms with Gasteiger partial charge in [-0.1, -0.05) is 47.8 Å². The minimum absolute atomic E-state index is 0. The van der Waals surface area contributed by atoms with E-state index in [0.717, 1.165) is 0 Å². The van der Waals surface area contributed by atoms with Crippen molar-refractivity contribution < 1.29 is 17.8 Å². The van der Waals surface area contributed by atoms with E-state index in [-0.39, 0.29) is 31.3 Å². The molecule has 0 bridgehead atoms. The molecule has 0 atom stereocenters. The van der Waals surface area contributed by atoms with Crippen LogP contribution in [0.4, 0.5) is 5.69 Å². The Labute approximate surface area is 122 Å². The first-order valence-electron chi connectivity index (χ1n) is 5.56. The second-order valence-corrected chi connectivity index (χ2v) is 6.05. The molecule has 6 heteroatoms. The third-order valence-electron chi connectivity index (χ3n) is 2.91. The highest BCUT2D eigenvalue weighted by molar-refractivity contribution is 7.86. The summed E-state index contributed by atoms with van der Waals surface area (Å²) in [5.41, 5.74) is -0.515. The fourth-order valence-electron chi connectivity index (χ4n) is 1.25. The SMILES string of the molecule is C.C.CCC(C)(C)C(=O)Nc1ccccc1S(=O)(=O)O. The Morgan fingerprint density at radius 2 is 1.75 bits per heavy atom. The summed E-state index contributed by atoms with van der Waals surface area (Å²) in [7, 11) is -4.35. The van der Waals surface area contributed by atoms with Gasteiger partial charge in [-0.2, -0.15) is 8.42 Å². The summed E-state index contributed by atoms with van der Waals surface area (Å²) in [6.07, 6.45) is 0.618. The fraction of sp³-hybridized carbons (Fsp3) is 0.500. The molecule has 0 aliphatic carbocycles. The molecule has 0 aliphatic rings. The van der Waals surface area contributed by atoms with Gasteiger partial charge in [-0.3, -0.25) is 9.35 Å². The van der Waals surface area contributed by atoms with E-state index < -0.39 is 15.5 Å². The van der Waals surface area contributed by atoms with Crippen LogP contribution in [0, 0.1) is 5.41 Å². The maximum Gasteiger partial charge on any atom is 0.296 e. The van der Waals surface area contributed by atoms with Gasteiger partial charge >= 0.3 is 0 Å². The molecule has 0 aromatic heterocycles. The quantitative estimate of drug-likeness (QED) is 0.833. The summed E-state index contributed by atoms with van der Waals surface area (Å²) in [5.74, 6) is -0.291. The van der Waals surface area contributed by atoms with Crippen LogP contribution in [0.3, 0.4) is 0 Å². The van der Waals surface area contributed by atoms with Gasteiger partial charge < -0.3 is 5.32 Å². The van der Waals surface area contributed by atoms with E-state index in [0.29, 0.717) is 6.42 Å². The molecule has 0 heterocycles. The first kappa shape index (κ1) is 20.9. The fourth-order valence-corrected chi connectivity index (χ4v) is 1.89. The molecule has 2 N–H and O–H groups in total. The van der Waals surface area contributed by atoms with Crippen molar-refractivity contribution in [1.82, 2.24) is 0 Å². The van der Waals surface area contributed by atoms with Crippen molar-refractivity contribution in [1.29, 1.82) is 0 Å². The lowest BCUT2D eigenvalue weighted by Crippen LogP contribution is -2.30. The number of nitrogens with one attached hydrogen (secondary N) is 1. The predicted octanol–water partition coefficient (Wildman–Crippen LogP) is 3.58. The third kappa shape index (κ3) is 4.94. The van der Waals surface area contributed by atoms with Crippen molar-refractivity contribution in [3.8, 4) is 0 Å². The largest absolute Gasteiger partial charge is 0.324 e. The summed E-state index contributed by atoms with van der Waals surface area (Å²) >= 11 is 0. The Kier molecular flexibility index (Phi) is 7.74. The highest BCUT2D eigenvalue weighted by Crippen LogP contribution is 2.25. The standard InChI is InChI=1S/C12H17NO4S.2CH4/c1-4-12(2,3)11(14)13-9-7-5-6-8-10(9)18(15,16)17;;/h5-8H,4H2,1-3H3,(H,13,14)(H,15,16,17);2*1H4. The average Bonchev–Trinajstić information content (AvgIpc) is 2.28. The average molecular weight is 303 g/mol. The molecule has 0 saturated carbocycles. The van der Waals surface area contributed by atoms with E-state index in [9.17, 15) is 13.2 Å². The lowest BCUT2D eigenvalue weighted by atomic mass is 9.89. The van der Waals surface area contributed by atoms with Crippen LogP contribution in [0.1, 0.15) is 42.0 Å². The van der Waals surface area contributed by atoms with Crippen molar-refractivity contribution in [3.05, 3.63) is 24.3 Å². The lowest BCUT2D eigenvalue weighted by Gasteiger charge is -2.22. The Hall–Kier alpha value is -1.40. The molecule has 0 radical (unpaired) electrons. The Bertz CT molecular complexity index is 550. The molecular weight excluding hydrogens is 278 g/mol. The van der Waals surface area contributed by atoms with Crippen molar-refractivity contribution in [2.75, 3.05) is 5.32 Å². The van der Waals surface area contributed by atoms with E-state index in [1.54, 1.807) is 19.9 Å². The normalized spacial score (nSPS) is 11.0. The maximum atomic E-state index is 12.0. The minimum atomic E-state index is -4.35. The van der Waals surface area contributed by atoms with Gasteiger partial charge in [0.25, 0.3) is 10.1 Å². The molecule has 0 saturated heterocycles. The monoisotopic (exact) mass is 303 g/mol. The van der Waals surface area contributed by atoms with Gasteiger partial charge in [0.1, 0.15) is 4.90 Å². The molecule has 20 heavy (non-hydrogen) atoms. The van der Waals surface area contributed by atoms with Crippen LogP contribution in [0.25, 0.3) is 0 Å². The number of para-hydroxylation sites is 1. The Morgan fingerprint density at radius 1 is 1.25 bits per heavy atom. The van der Waals surface area contributed by atoms with Gasteiger partial charge in [0.15, 0.2) is 0 Å². The van der Waals surface area contributed by atoms with Crippen molar-refractivity contribution in [2.45, 2.75) is 46.9 Å². The van der Waals surface area contributed by atoms with Gasteiger partial charge in [0.2, 0.25) is 5.91 Å². The first-order chi connectivity index (χ1) is 8.18. The van der Waals surface area contributed by atoms with E-state index in [1.165, 1.54) is 18.2 Å². The van der Waals surface area contributed by atoms with Crippen LogP contribution >= 0.6 is 0 Å². The second kappa shape index (κ2) is 7.40. The van der Waals surface area contributed by atoms with Gasteiger partial charge in [-0.25, -0.2) is 0 Å². The van der Waals surface area contributed by atoms with Crippen LogP contribution in [-0.4, -0.2) is 18.9 Å². The molecule has 5 nitrogen and oxygen atoms in total.